The Kier molecular flexibility index (Phi) is 11.6. The SMILES string of the molecule is O=C(O)C1=CCCCCC1.O=C(O)C1=CCCCCC1.[Cd]. The molecule has 0 bridgehead atoms. The summed E-state index contributed by atoms with van der Waals surface area (Å²) in [7, 11) is 0. The van der Waals surface area contributed by atoms with Crippen LogP contribution in [0.15, 0.2) is 23.3 Å². The molecule has 5 heteroatoms. The summed E-state index contributed by atoms with van der Waals surface area (Å²) < 4.78 is 0. The number of carbonyl (C=O) groups is 2. The van der Waals surface area contributed by atoms with Crippen molar-refractivity contribution in [3.8, 4) is 0 Å². The zero-order chi connectivity index (χ0) is 14.8. The molecule has 0 saturated carbocycles. The fraction of sp³-hybridized carbons (Fsp3) is 0.625. The van der Waals surface area contributed by atoms with Crippen LogP contribution in [-0.2, 0) is 36.9 Å². The maximum Gasteiger partial charge on any atom is 0.331 e. The molecule has 0 aromatic heterocycles. The number of hydrogen-bond donors (Lipinski definition) is 2. The molecule has 2 rings (SSSR count). The van der Waals surface area contributed by atoms with E-state index in [9.17, 15) is 9.59 Å². The molecule has 2 aliphatic carbocycles. The molecule has 2 aliphatic rings. The molecule has 2 N–H and O–H groups in total. The number of rotatable bonds is 2. The second kappa shape index (κ2) is 11.9. The molecule has 0 atom stereocenters. The van der Waals surface area contributed by atoms with Crippen LogP contribution >= 0.6 is 0 Å². The van der Waals surface area contributed by atoms with Crippen molar-refractivity contribution < 1.29 is 47.1 Å². The number of carboxylic acid groups (broad SMARTS) is 2. The molecule has 0 amide bonds. The quantitative estimate of drug-likeness (QED) is 0.698. The molecule has 0 radical (unpaired) electrons. The molecule has 4 nitrogen and oxygen atoms in total. The van der Waals surface area contributed by atoms with E-state index in [1.807, 2.05) is 12.2 Å². The van der Waals surface area contributed by atoms with Crippen molar-refractivity contribution in [2.75, 3.05) is 0 Å². The van der Waals surface area contributed by atoms with E-state index in [0.29, 0.717) is 11.1 Å². The van der Waals surface area contributed by atoms with Crippen molar-refractivity contribution in [1.29, 1.82) is 0 Å². The van der Waals surface area contributed by atoms with Gasteiger partial charge in [-0.1, -0.05) is 25.0 Å². The molecule has 0 heterocycles. The maximum absolute atomic E-state index is 10.4. The van der Waals surface area contributed by atoms with Gasteiger partial charge in [-0.15, -0.1) is 0 Å². The van der Waals surface area contributed by atoms with Crippen LogP contribution in [-0.4, -0.2) is 22.2 Å². The second-order valence-electron chi connectivity index (χ2n) is 5.27. The van der Waals surface area contributed by atoms with Crippen LogP contribution in [0.1, 0.15) is 64.2 Å². The molecular formula is C16H24CdO4. The normalized spacial score (nSPS) is 18.5. The van der Waals surface area contributed by atoms with Gasteiger partial charge in [0.05, 0.1) is 0 Å². The zero-order valence-corrected chi connectivity index (χ0v) is 16.7. The first kappa shape index (κ1) is 20.3. The Morgan fingerprint density at radius 1 is 0.714 bits per heavy atom. The van der Waals surface area contributed by atoms with E-state index in [1.165, 1.54) is 12.8 Å². The third-order valence-electron chi connectivity index (χ3n) is 3.63. The molecule has 114 valence electrons. The first-order valence-corrected chi connectivity index (χ1v) is 7.46. The fourth-order valence-electron chi connectivity index (χ4n) is 2.42. The number of hydrogen-bond acceptors (Lipinski definition) is 2. The maximum atomic E-state index is 10.4. The van der Waals surface area contributed by atoms with Gasteiger partial charge in [-0.25, -0.2) is 9.59 Å². The molecular weight excluding hydrogens is 369 g/mol. The fourth-order valence-corrected chi connectivity index (χ4v) is 2.42. The van der Waals surface area contributed by atoms with Crippen LogP contribution in [0.25, 0.3) is 0 Å². The van der Waals surface area contributed by atoms with Crippen molar-refractivity contribution in [3.05, 3.63) is 23.3 Å². The van der Waals surface area contributed by atoms with Crippen molar-refractivity contribution in [2.24, 2.45) is 0 Å². The van der Waals surface area contributed by atoms with Crippen LogP contribution in [0.5, 0.6) is 0 Å². The van der Waals surface area contributed by atoms with Gasteiger partial charge in [0, 0.05) is 38.4 Å². The van der Waals surface area contributed by atoms with E-state index in [4.69, 9.17) is 10.2 Å². The largest absolute Gasteiger partial charge is 0.478 e. The Bertz CT molecular complexity index is 361. The molecule has 21 heavy (non-hydrogen) atoms. The molecule has 0 aromatic rings. The molecule has 0 aromatic carbocycles. The summed E-state index contributed by atoms with van der Waals surface area (Å²) in [6, 6.07) is 0. The van der Waals surface area contributed by atoms with E-state index in [0.717, 1.165) is 51.4 Å². The van der Waals surface area contributed by atoms with Crippen LogP contribution in [0.4, 0.5) is 0 Å². The van der Waals surface area contributed by atoms with Gasteiger partial charge in [0.25, 0.3) is 0 Å². The van der Waals surface area contributed by atoms with Gasteiger partial charge >= 0.3 is 11.9 Å². The number of carboxylic acids is 2. The smallest absolute Gasteiger partial charge is 0.331 e. The predicted molar refractivity (Wildman–Crippen MR) is 77.6 cm³/mol. The van der Waals surface area contributed by atoms with Crippen LogP contribution in [0.3, 0.4) is 0 Å². The van der Waals surface area contributed by atoms with E-state index in [2.05, 4.69) is 0 Å². The first-order chi connectivity index (χ1) is 9.61. The van der Waals surface area contributed by atoms with Crippen molar-refractivity contribution >= 4 is 11.9 Å². The molecule has 0 fully saturated rings. The topological polar surface area (TPSA) is 74.6 Å². The molecule has 0 spiro atoms. The summed E-state index contributed by atoms with van der Waals surface area (Å²) in [6.07, 6.45) is 13.9. The molecule has 0 unspecified atom stereocenters. The second-order valence-corrected chi connectivity index (χ2v) is 5.27. The third-order valence-corrected chi connectivity index (χ3v) is 3.63. The van der Waals surface area contributed by atoms with Gasteiger partial charge in [-0.2, -0.15) is 0 Å². The average Bonchev–Trinajstić information content (AvgIpc) is 2.84. The van der Waals surface area contributed by atoms with Crippen LogP contribution < -0.4 is 0 Å². The summed E-state index contributed by atoms with van der Waals surface area (Å²) in [5, 5.41) is 17.2. The van der Waals surface area contributed by atoms with Gasteiger partial charge in [-0.05, 0) is 51.4 Å². The summed E-state index contributed by atoms with van der Waals surface area (Å²) >= 11 is 0. The standard InChI is InChI=1S/2C8H12O2.Cd/c2*9-8(10)7-5-3-1-2-4-6-7;/h2*5H,1-4,6H2,(H,9,10);. The van der Waals surface area contributed by atoms with Gasteiger partial charge in [0.2, 0.25) is 0 Å². The van der Waals surface area contributed by atoms with Gasteiger partial charge < -0.3 is 10.2 Å². The van der Waals surface area contributed by atoms with E-state index < -0.39 is 11.9 Å². The predicted octanol–water partition coefficient (Wildman–Crippen LogP) is 3.92. The third kappa shape index (κ3) is 9.06. The van der Waals surface area contributed by atoms with Crippen LogP contribution in [0, 0.1) is 0 Å². The molecule has 0 aliphatic heterocycles. The molecule has 0 saturated heterocycles. The van der Waals surface area contributed by atoms with Crippen molar-refractivity contribution in [2.45, 2.75) is 64.2 Å². The summed E-state index contributed by atoms with van der Waals surface area (Å²) in [5.74, 6) is -1.47. The Balaban J connectivity index is 0.000000364. The minimum atomic E-state index is -0.734. The van der Waals surface area contributed by atoms with E-state index >= 15 is 0 Å². The summed E-state index contributed by atoms with van der Waals surface area (Å²) in [4.78, 5) is 20.9. The Hall–Kier alpha value is -0.658. The monoisotopic (exact) mass is 394 g/mol. The van der Waals surface area contributed by atoms with Gasteiger partial charge in [0.15, 0.2) is 0 Å². The van der Waals surface area contributed by atoms with Crippen molar-refractivity contribution in [3.63, 3.8) is 0 Å². The number of allylic oxidation sites excluding steroid dienone is 2. The van der Waals surface area contributed by atoms with Crippen molar-refractivity contribution in [1.82, 2.24) is 0 Å². The van der Waals surface area contributed by atoms with E-state index in [1.54, 1.807) is 0 Å². The summed E-state index contributed by atoms with van der Waals surface area (Å²) in [5.41, 5.74) is 1.22. The number of aliphatic carboxylic acids is 2. The Morgan fingerprint density at radius 3 is 1.43 bits per heavy atom. The van der Waals surface area contributed by atoms with Gasteiger partial charge in [-0.3, -0.25) is 0 Å². The Morgan fingerprint density at radius 2 is 1.10 bits per heavy atom. The first-order valence-electron chi connectivity index (χ1n) is 7.46. The average molecular weight is 393 g/mol. The van der Waals surface area contributed by atoms with E-state index in [-0.39, 0.29) is 27.3 Å². The van der Waals surface area contributed by atoms with Gasteiger partial charge in [0.1, 0.15) is 0 Å². The Labute approximate surface area is 146 Å². The minimum Gasteiger partial charge on any atom is -0.478 e. The van der Waals surface area contributed by atoms with Crippen LogP contribution in [0.2, 0.25) is 0 Å². The zero-order valence-electron chi connectivity index (χ0n) is 12.6. The summed E-state index contributed by atoms with van der Waals surface area (Å²) in [6.45, 7) is 0. The minimum absolute atomic E-state index is 0.